The van der Waals surface area contributed by atoms with Crippen molar-refractivity contribution in [3.8, 4) is 0 Å². The van der Waals surface area contributed by atoms with Crippen molar-refractivity contribution >= 4 is 44.2 Å². The minimum atomic E-state index is -0.962. The maximum Gasteiger partial charge on any atom is 0.335 e. The molecule has 1 heterocycles. The third-order valence-electron chi connectivity index (χ3n) is 3.45. The summed E-state index contributed by atoms with van der Waals surface area (Å²) in [7, 11) is 0. The molecule has 2 aromatic carbocycles. The number of carboxylic acids is 1. The van der Waals surface area contributed by atoms with Gasteiger partial charge in [-0.2, -0.15) is 5.10 Å². The number of carboxylic acid groups (broad SMARTS) is 1. The molecule has 0 aliphatic carbocycles. The average molecular weight is 367 g/mol. The van der Waals surface area contributed by atoms with Gasteiger partial charge in [-0.3, -0.25) is 5.43 Å². The number of hydrogen-bond acceptors (Lipinski definition) is 6. The van der Waals surface area contributed by atoms with Crippen molar-refractivity contribution in [2.45, 2.75) is 19.8 Å². The highest BCUT2D eigenvalue weighted by atomic mass is 32.1. The Labute approximate surface area is 154 Å². The van der Waals surface area contributed by atoms with Gasteiger partial charge in [-0.15, -0.1) is 10.2 Å². The first kappa shape index (κ1) is 17.7. The van der Waals surface area contributed by atoms with E-state index in [0.717, 1.165) is 16.6 Å². The molecule has 0 atom stereocenters. The van der Waals surface area contributed by atoms with E-state index in [1.165, 1.54) is 23.5 Å². The normalized spacial score (nSPS) is 12.0. The molecule has 7 nitrogen and oxygen atoms in total. The van der Waals surface area contributed by atoms with Crippen LogP contribution in [0.5, 0.6) is 0 Å². The highest BCUT2D eigenvalue weighted by Crippen LogP contribution is 2.27. The lowest BCUT2D eigenvalue weighted by Crippen LogP contribution is -2.00. The van der Waals surface area contributed by atoms with Gasteiger partial charge in [0.1, 0.15) is 0 Å². The van der Waals surface area contributed by atoms with Gasteiger partial charge in [-0.1, -0.05) is 30.4 Å². The molecule has 8 heteroatoms. The van der Waals surface area contributed by atoms with Crippen LogP contribution in [-0.4, -0.2) is 21.9 Å². The van der Waals surface area contributed by atoms with Crippen LogP contribution < -0.4 is 5.43 Å². The zero-order chi connectivity index (χ0) is 18.4. The van der Waals surface area contributed by atoms with Crippen LogP contribution in [-0.2, 0) is 0 Å². The number of aromatic nitrogens is 1. The number of anilines is 1. The van der Waals surface area contributed by atoms with E-state index in [0.29, 0.717) is 23.1 Å². The van der Waals surface area contributed by atoms with Crippen molar-refractivity contribution in [2.24, 2.45) is 15.3 Å². The number of aromatic carboxylic acids is 1. The Kier molecular flexibility index (Phi) is 5.65. The number of benzene rings is 2. The molecule has 0 aliphatic heterocycles. The number of para-hydroxylation sites is 1. The van der Waals surface area contributed by atoms with Gasteiger partial charge in [0.2, 0.25) is 5.13 Å². The second-order valence-corrected chi connectivity index (χ2v) is 6.45. The predicted molar refractivity (Wildman–Crippen MR) is 104 cm³/mol. The minimum absolute atomic E-state index is 0.226. The standard InChI is InChI=1S/C18H17N5O2S/c1-2-5-16(21-20-13-10-8-12(9-11-13)17(24)25)22-23-18-19-14-6-3-4-7-15(14)26-18/h3-4,6-11,20H,2,5H2,1H3,(H,24,25)/b21-16+,23-22?. The smallest absolute Gasteiger partial charge is 0.335 e. The number of thiazole rings is 1. The quantitative estimate of drug-likeness (QED) is 0.267. The number of rotatable bonds is 6. The third kappa shape index (κ3) is 4.48. The number of amidine groups is 1. The fourth-order valence-corrected chi connectivity index (χ4v) is 2.96. The lowest BCUT2D eigenvalue weighted by atomic mass is 10.2. The van der Waals surface area contributed by atoms with Crippen LogP contribution in [0.4, 0.5) is 10.8 Å². The van der Waals surface area contributed by atoms with Crippen LogP contribution in [0.2, 0.25) is 0 Å². The summed E-state index contributed by atoms with van der Waals surface area (Å²) in [6.07, 6.45) is 1.53. The van der Waals surface area contributed by atoms with Crippen molar-refractivity contribution < 1.29 is 9.90 Å². The van der Waals surface area contributed by atoms with Crippen molar-refractivity contribution in [1.29, 1.82) is 0 Å². The molecule has 0 radical (unpaired) electrons. The molecule has 1 aromatic heterocycles. The monoisotopic (exact) mass is 367 g/mol. The van der Waals surface area contributed by atoms with Crippen molar-refractivity contribution in [2.75, 3.05) is 5.43 Å². The highest BCUT2D eigenvalue weighted by molar-refractivity contribution is 7.21. The number of carbonyl (C=O) groups is 1. The molecule has 0 amide bonds. The molecule has 3 aromatic rings. The van der Waals surface area contributed by atoms with Crippen molar-refractivity contribution in [3.63, 3.8) is 0 Å². The van der Waals surface area contributed by atoms with Gasteiger partial charge in [-0.05, 0) is 42.8 Å². The molecule has 132 valence electrons. The maximum atomic E-state index is 10.9. The average Bonchev–Trinajstić information content (AvgIpc) is 3.07. The Morgan fingerprint density at radius 2 is 1.96 bits per heavy atom. The zero-order valence-corrected chi connectivity index (χ0v) is 14.9. The van der Waals surface area contributed by atoms with Crippen LogP contribution in [0, 0.1) is 0 Å². The van der Waals surface area contributed by atoms with E-state index in [4.69, 9.17) is 5.11 Å². The van der Waals surface area contributed by atoms with Crippen LogP contribution in [0.25, 0.3) is 10.2 Å². The van der Waals surface area contributed by atoms with E-state index < -0.39 is 5.97 Å². The van der Waals surface area contributed by atoms with Gasteiger partial charge in [0.15, 0.2) is 5.84 Å². The summed E-state index contributed by atoms with van der Waals surface area (Å²) < 4.78 is 1.06. The predicted octanol–water partition coefficient (Wildman–Crippen LogP) is 5.30. The molecule has 0 aliphatic rings. The van der Waals surface area contributed by atoms with Gasteiger partial charge < -0.3 is 5.11 Å². The number of nitrogens with one attached hydrogen (secondary N) is 1. The first-order valence-electron chi connectivity index (χ1n) is 8.09. The molecule has 0 bridgehead atoms. The second-order valence-electron chi connectivity index (χ2n) is 5.44. The van der Waals surface area contributed by atoms with E-state index in [-0.39, 0.29) is 5.56 Å². The Hall–Kier alpha value is -3.13. The van der Waals surface area contributed by atoms with Crippen LogP contribution in [0.3, 0.4) is 0 Å². The van der Waals surface area contributed by atoms with Crippen LogP contribution in [0.15, 0.2) is 63.9 Å². The number of hydrogen-bond donors (Lipinski definition) is 2. The SMILES string of the molecule is CCC/C(N=Nc1nc2ccccc2s1)=N\Nc1ccc(C(=O)O)cc1. The highest BCUT2D eigenvalue weighted by Gasteiger charge is 2.04. The minimum Gasteiger partial charge on any atom is -0.478 e. The van der Waals surface area contributed by atoms with Gasteiger partial charge >= 0.3 is 5.97 Å². The van der Waals surface area contributed by atoms with Crippen LogP contribution >= 0.6 is 11.3 Å². The van der Waals surface area contributed by atoms with Crippen molar-refractivity contribution in [3.05, 3.63) is 54.1 Å². The lowest BCUT2D eigenvalue weighted by molar-refractivity contribution is 0.0697. The first-order chi connectivity index (χ1) is 12.7. The molecular weight excluding hydrogens is 350 g/mol. The third-order valence-corrected chi connectivity index (χ3v) is 4.37. The second kappa shape index (κ2) is 8.30. The number of hydrazone groups is 1. The summed E-state index contributed by atoms with van der Waals surface area (Å²) in [5.41, 5.74) is 4.69. The molecule has 26 heavy (non-hydrogen) atoms. The van der Waals surface area contributed by atoms with Gasteiger partial charge in [0.25, 0.3) is 0 Å². The van der Waals surface area contributed by atoms with Crippen molar-refractivity contribution in [1.82, 2.24) is 4.98 Å². The zero-order valence-electron chi connectivity index (χ0n) is 14.1. The Morgan fingerprint density at radius 3 is 2.65 bits per heavy atom. The van der Waals surface area contributed by atoms with E-state index in [1.54, 1.807) is 12.1 Å². The summed E-state index contributed by atoms with van der Waals surface area (Å²) in [5, 5.41) is 22.2. The van der Waals surface area contributed by atoms with Gasteiger partial charge in [-0.25, -0.2) is 9.78 Å². The van der Waals surface area contributed by atoms with E-state index in [1.807, 2.05) is 31.2 Å². The first-order valence-corrected chi connectivity index (χ1v) is 8.90. The number of nitrogens with zero attached hydrogens (tertiary/aromatic N) is 4. The van der Waals surface area contributed by atoms with Gasteiger partial charge in [0, 0.05) is 6.42 Å². The molecule has 0 fully saturated rings. The Bertz CT molecular complexity index is 930. The summed E-state index contributed by atoms with van der Waals surface area (Å²) >= 11 is 1.47. The Balaban J connectivity index is 1.72. The largest absolute Gasteiger partial charge is 0.478 e. The molecule has 0 spiro atoms. The van der Waals surface area contributed by atoms with Crippen LogP contribution in [0.1, 0.15) is 30.1 Å². The Morgan fingerprint density at radius 1 is 1.19 bits per heavy atom. The van der Waals surface area contributed by atoms with E-state index in [2.05, 4.69) is 25.7 Å². The summed E-state index contributed by atoms with van der Waals surface area (Å²) in [6.45, 7) is 2.03. The number of azo groups is 1. The van der Waals surface area contributed by atoms with Gasteiger partial charge in [0.05, 0.1) is 21.5 Å². The summed E-state index contributed by atoms with van der Waals surface area (Å²) in [6, 6.07) is 14.2. The molecule has 3 rings (SSSR count). The molecule has 0 saturated carbocycles. The van der Waals surface area contributed by atoms with E-state index in [9.17, 15) is 4.79 Å². The summed E-state index contributed by atoms with van der Waals surface area (Å²) in [4.78, 5) is 15.3. The van der Waals surface area contributed by atoms with E-state index >= 15 is 0 Å². The molecule has 0 saturated heterocycles. The molecule has 0 unspecified atom stereocenters. The topological polar surface area (TPSA) is 99.3 Å². The lowest BCUT2D eigenvalue weighted by Gasteiger charge is -2.02. The fourth-order valence-electron chi connectivity index (χ4n) is 2.17. The molecule has 2 N–H and O–H groups in total. The number of fused-ring (bicyclic) bond motifs is 1. The molecular formula is C18H17N5O2S. The maximum absolute atomic E-state index is 10.9. The summed E-state index contributed by atoms with van der Waals surface area (Å²) in [5.74, 6) is -0.412. The fraction of sp³-hybridized carbons (Fsp3) is 0.167.